The summed E-state index contributed by atoms with van der Waals surface area (Å²) < 4.78 is 11.3. The summed E-state index contributed by atoms with van der Waals surface area (Å²) in [4.78, 5) is 41.5. The zero-order chi connectivity index (χ0) is 27.7. The highest BCUT2D eigenvalue weighted by Gasteiger charge is 2.41. The molecule has 0 radical (unpaired) electrons. The molecular weight excluding hydrogens is 502 g/mol. The molecule has 10 heteroatoms. The average Bonchev–Trinajstić information content (AvgIpc) is 3.17. The number of aliphatic hydroxyl groups is 1. The lowest BCUT2D eigenvalue weighted by molar-refractivity contribution is -0.00718. The smallest absolute Gasteiger partial charge is 0.407 e. The van der Waals surface area contributed by atoms with E-state index in [2.05, 4.69) is 5.32 Å². The van der Waals surface area contributed by atoms with Crippen LogP contribution in [0.4, 0.5) is 4.79 Å². The number of aryl methyl sites for hydroxylation is 1. The third kappa shape index (κ3) is 5.44. The van der Waals surface area contributed by atoms with Gasteiger partial charge in [-0.3, -0.25) is 14.5 Å². The van der Waals surface area contributed by atoms with Crippen molar-refractivity contribution < 1.29 is 34.1 Å². The number of aliphatic hydroxyl groups excluding tert-OH is 1. The van der Waals surface area contributed by atoms with Gasteiger partial charge in [-0.15, -0.1) is 0 Å². The van der Waals surface area contributed by atoms with Crippen molar-refractivity contribution >= 4 is 17.9 Å². The molecule has 3 N–H and O–H groups in total. The lowest BCUT2D eigenvalue weighted by Gasteiger charge is -2.37. The zero-order valence-corrected chi connectivity index (χ0v) is 22.3. The minimum absolute atomic E-state index is 0.0669. The lowest BCUT2D eigenvalue weighted by atomic mass is 9.90. The van der Waals surface area contributed by atoms with Crippen LogP contribution in [0, 0.1) is 6.92 Å². The van der Waals surface area contributed by atoms with Crippen LogP contribution in [0.5, 0.6) is 5.75 Å². The van der Waals surface area contributed by atoms with Gasteiger partial charge < -0.3 is 29.9 Å². The van der Waals surface area contributed by atoms with Crippen molar-refractivity contribution in [1.29, 1.82) is 0 Å². The van der Waals surface area contributed by atoms with Crippen LogP contribution in [0.2, 0.25) is 0 Å². The van der Waals surface area contributed by atoms with E-state index in [0.29, 0.717) is 31.8 Å². The van der Waals surface area contributed by atoms with Crippen molar-refractivity contribution in [3.63, 3.8) is 0 Å². The fourth-order valence-electron chi connectivity index (χ4n) is 5.94. The number of rotatable bonds is 7. The molecule has 0 spiro atoms. The topological polar surface area (TPSA) is 129 Å². The monoisotopic (exact) mass is 537 g/mol. The first-order valence-electron chi connectivity index (χ1n) is 13.5. The van der Waals surface area contributed by atoms with E-state index in [1.165, 1.54) is 4.90 Å². The molecule has 3 aliphatic rings. The Morgan fingerprint density at radius 2 is 1.85 bits per heavy atom. The van der Waals surface area contributed by atoms with E-state index in [9.17, 15) is 24.6 Å². The molecule has 2 aromatic rings. The third-order valence-electron chi connectivity index (χ3n) is 7.94. The maximum atomic E-state index is 13.3. The summed E-state index contributed by atoms with van der Waals surface area (Å²) in [5, 5.41) is 23.5. The molecule has 10 nitrogen and oxygen atoms in total. The number of nitrogens with one attached hydrogen (secondary N) is 1. The quantitative estimate of drug-likeness (QED) is 0.495. The van der Waals surface area contributed by atoms with Gasteiger partial charge in [0.1, 0.15) is 5.75 Å². The van der Waals surface area contributed by atoms with Crippen molar-refractivity contribution in [1.82, 2.24) is 15.1 Å². The van der Waals surface area contributed by atoms with Crippen LogP contribution in [0.3, 0.4) is 0 Å². The van der Waals surface area contributed by atoms with E-state index in [-0.39, 0.29) is 42.4 Å². The minimum Gasteiger partial charge on any atom is -0.493 e. The summed E-state index contributed by atoms with van der Waals surface area (Å²) in [5.41, 5.74) is 3.66. The summed E-state index contributed by atoms with van der Waals surface area (Å²) in [6, 6.07) is 10.1. The Bertz CT molecular complexity index is 1250. The summed E-state index contributed by atoms with van der Waals surface area (Å²) in [7, 11) is 0. The minimum atomic E-state index is -1.12. The Balaban J connectivity index is 1.28. The number of hydrogen-bond donors (Lipinski definition) is 3. The number of amides is 3. The van der Waals surface area contributed by atoms with Crippen molar-refractivity contribution in [3.05, 3.63) is 64.2 Å². The second-order valence-corrected chi connectivity index (χ2v) is 10.5. The van der Waals surface area contributed by atoms with Crippen LogP contribution in [0.25, 0.3) is 0 Å². The first kappa shape index (κ1) is 27.0. The Labute approximate surface area is 227 Å². The summed E-state index contributed by atoms with van der Waals surface area (Å²) in [6.45, 7) is 5.18. The normalized spacial score (nSPS) is 22.7. The second kappa shape index (κ2) is 11.2. The van der Waals surface area contributed by atoms with Crippen molar-refractivity contribution in [2.75, 3.05) is 26.4 Å². The Kier molecular flexibility index (Phi) is 7.76. The second-order valence-electron chi connectivity index (χ2n) is 10.5. The van der Waals surface area contributed by atoms with Gasteiger partial charge in [-0.25, -0.2) is 4.79 Å². The van der Waals surface area contributed by atoms with Gasteiger partial charge in [0.15, 0.2) is 0 Å². The van der Waals surface area contributed by atoms with Crippen molar-refractivity contribution in [2.24, 2.45) is 0 Å². The molecule has 39 heavy (non-hydrogen) atoms. The van der Waals surface area contributed by atoms with Gasteiger partial charge in [0.25, 0.3) is 11.8 Å². The van der Waals surface area contributed by atoms with E-state index in [4.69, 9.17) is 9.47 Å². The molecule has 4 atom stereocenters. The van der Waals surface area contributed by atoms with E-state index in [1.54, 1.807) is 25.1 Å². The molecule has 2 aromatic carbocycles. The number of carboxylic acid groups (broad SMARTS) is 1. The van der Waals surface area contributed by atoms with E-state index >= 15 is 0 Å². The molecule has 2 fully saturated rings. The molecule has 3 unspecified atom stereocenters. The largest absolute Gasteiger partial charge is 0.493 e. The van der Waals surface area contributed by atoms with E-state index in [1.807, 2.05) is 30.0 Å². The maximum absolute atomic E-state index is 13.3. The standard InChI is InChI=1S/C29H35N3O7/c1-3-39-26-12-18(28(35)32-21-7-8-22(32)16-38-15-21)6-9-23(26)27(34)30-13-25(33)24-11-20-10-17(2)4-5-19(20)14-31(24)29(36)37/h4-6,9-10,12,21-22,24-25,33H,3,7-8,11,13-16H2,1-2H3,(H,30,34)(H,36,37)/t21?,22?,24?,25-/m1/s1. The molecule has 2 bridgehead atoms. The van der Waals surface area contributed by atoms with Crippen molar-refractivity contribution in [2.45, 2.75) is 63.9 Å². The van der Waals surface area contributed by atoms with Crippen LogP contribution in [0.1, 0.15) is 57.2 Å². The molecule has 0 aliphatic carbocycles. The van der Waals surface area contributed by atoms with Crippen molar-refractivity contribution in [3.8, 4) is 5.75 Å². The Morgan fingerprint density at radius 3 is 2.54 bits per heavy atom. The fraction of sp³-hybridized carbons (Fsp3) is 0.483. The number of ether oxygens (including phenoxy) is 2. The summed E-state index contributed by atoms with van der Waals surface area (Å²) in [6.07, 6.45) is -0.0483. The van der Waals surface area contributed by atoms with Gasteiger partial charge in [0.05, 0.1) is 49.6 Å². The number of carbonyl (C=O) groups excluding carboxylic acids is 2. The predicted molar refractivity (Wildman–Crippen MR) is 142 cm³/mol. The Hall–Kier alpha value is -3.63. The van der Waals surface area contributed by atoms with Crippen LogP contribution in [0.15, 0.2) is 36.4 Å². The number of nitrogens with zero attached hydrogens (tertiary/aromatic N) is 2. The number of hydrogen-bond acceptors (Lipinski definition) is 6. The molecule has 5 rings (SSSR count). The zero-order valence-electron chi connectivity index (χ0n) is 22.3. The van der Waals surface area contributed by atoms with Gasteiger partial charge in [-0.05, 0) is 62.4 Å². The van der Waals surface area contributed by atoms with Gasteiger partial charge in [-0.2, -0.15) is 0 Å². The summed E-state index contributed by atoms with van der Waals surface area (Å²) in [5.74, 6) is -0.294. The molecule has 3 aliphatic heterocycles. The SMILES string of the molecule is CCOc1cc(C(=O)N2C3CCC2COC3)ccc1C(=O)NC[C@@H](O)C1Cc2cc(C)ccc2CN1C(=O)O. The lowest BCUT2D eigenvalue weighted by Crippen LogP contribution is -2.53. The van der Waals surface area contributed by atoms with Gasteiger partial charge in [-0.1, -0.05) is 23.8 Å². The molecule has 3 amide bonds. The highest BCUT2D eigenvalue weighted by atomic mass is 16.5. The van der Waals surface area contributed by atoms with Crippen LogP contribution in [-0.4, -0.2) is 88.5 Å². The van der Waals surface area contributed by atoms with Crippen LogP contribution in [-0.2, 0) is 17.7 Å². The molecule has 0 saturated carbocycles. The maximum Gasteiger partial charge on any atom is 0.407 e. The van der Waals surface area contributed by atoms with Crippen LogP contribution < -0.4 is 10.1 Å². The average molecular weight is 538 g/mol. The Morgan fingerprint density at radius 1 is 1.10 bits per heavy atom. The molecule has 208 valence electrons. The van der Waals surface area contributed by atoms with Gasteiger partial charge in [0.2, 0.25) is 0 Å². The first-order chi connectivity index (χ1) is 18.8. The van der Waals surface area contributed by atoms with E-state index in [0.717, 1.165) is 29.5 Å². The molecule has 0 aromatic heterocycles. The number of benzene rings is 2. The number of carbonyl (C=O) groups is 3. The predicted octanol–water partition coefficient (Wildman–Crippen LogP) is 2.59. The highest BCUT2D eigenvalue weighted by molar-refractivity contribution is 6.00. The van der Waals surface area contributed by atoms with E-state index < -0.39 is 24.1 Å². The molecule has 3 heterocycles. The van der Waals surface area contributed by atoms with Gasteiger partial charge >= 0.3 is 6.09 Å². The third-order valence-corrected chi connectivity index (χ3v) is 7.94. The van der Waals surface area contributed by atoms with Crippen LogP contribution >= 0.6 is 0 Å². The number of morpholine rings is 1. The van der Waals surface area contributed by atoms with Gasteiger partial charge in [0, 0.05) is 18.7 Å². The highest BCUT2D eigenvalue weighted by Crippen LogP contribution is 2.32. The molecule has 2 saturated heterocycles. The first-order valence-corrected chi connectivity index (χ1v) is 13.5. The number of fused-ring (bicyclic) bond motifs is 3. The fourth-order valence-corrected chi connectivity index (χ4v) is 5.94. The summed E-state index contributed by atoms with van der Waals surface area (Å²) >= 11 is 0. The molecular formula is C29H35N3O7.